The van der Waals surface area contributed by atoms with Gasteiger partial charge in [-0.05, 0) is 82.9 Å². The zero-order valence-corrected chi connectivity index (χ0v) is 56.5. The van der Waals surface area contributed by atoms with E-state index in [-0.39, 0.29) is 24.8 Å². The van der Waals surface area contributed by atoms with Crippen LogP contribution in [0.3, 0.4) is 0 Å². The van der Waals surface area contributed by atoms with Crippen LogP contribution < -0.4 is 35.5 Å². The van der Waals surface area contributed by atoms with E-state index in [0.29, 0.717) is 59.7 Å². The van der Waals surface area contributed by atoms with Crippen LogP contribution in [0.4, 0.5) is 11.4 Å². The summed E-state index contributed by atoms with van der Waals surface area (Å²) in [5.74, 6) is -1.76. The molecule has 4 amide bonds. The molecule has 105 heavy (non-hydrogen) atoms. The van der Waals surface area contributed by atoms with Gasteiger partial charge in [0.25, 0.3) is 11.6 Å². The summed E-state index contributed by atoms with van der Waals surface area (Å²) in [5, 5.41) is 10.1. The Morgan fingerprint density at radius 2 is 0.686 bits per heavy atom. The first-order valence-corrected chi connectivity index (χ1v) is 30.1. The minimum absolute atomic E-state index is 0.186. The minimum atomic E-state index is -0.661. The van der Waals surface area contributed by atoms with Crippen LogP contribution in [0, 0.1) is 0 Å². The molecule has 4 N–H and O–H groups in total. The molecule has 0 fully saturated rings. The zero-order valence-electron chi connectivity index (χ0n) is 56.5. The first-order chi connectivity index (χ1) is 51.0. The van der Waals surface area contributed by atoms with Gasteiger partial charge in [-0.3, -0.25) is 28.8 Å². The fraction of sp³-hybridized carbons (Fsp3) is 0.111. The highest BCUT2D eigenvalue weighted by molar-refractivity contribution is 6.34. The van der Waals surface area contributed by atoms with Crippen molar-refractivity contribution in [2.24, 2.45) is 0 Å². The summed E-state index contributed by atoms with van der Waals surface area (Å²) in [6, 6.07) is 66.7. The van der Waals surface area contributed by atoms with Gasteiger partial charge in [-0.25, -0.2) is 9.59 Å². The van der Waals surface area contributed by atoms with E-state index in [4.69, 9.17) is 67.9 Å². The van der Waals surface area contributed by atoms with E-state index < -0.39 is 35.6 Å². The summed E-state index contributed by atoms with van der Waals surface area (Å²) in [5.41, 5.74) is 70.6. The third-order valence-electron chi connectivity index (χ3n) is 11.9. The number of nitrogens with one attached hydrogen (secondary N) is 4. The molecule has 0 aliphatic carbocycles. The Morgan fingerprint density at radius 1 is 0.333 bits per heavy atom. The van der Waals surface area contributed by atoms with Crippen molar-refractivity contribution in [3.8, 4) is 17.2 Å². The largest absolute Gasteiger partial charge is 0.497 e. The third kappa shape index (κ3) is 44.0. The molecule has 33 nitrogen and oxygen atoms in total. The van der Waals surface area contributed by atoms with Gasteiger partial charge in [-0.2, -0.15) is 38.3 Å². The first-order valence-electron chi connectivity index (χ1n) is 30.1. The van der Waals surface area contributed by atoms with E-state index in [9.17, 15) is 38.4 Å². The van der Waals surface area contributed by atoms with Crippen LogP contribution >= 0.6 is 0 Å². The second-order valence-corrected chi connectivity index (χ2v) is 19.1. The summed E-state index contributed by atoms with van der Waals surface area (Å²) in [6.45, 7) is 1.29. The predicted octanol–water partition coefficient (Wildman–Crippen LogP) is 7.53. The standard InChI is InChI=1S/C10H11N3O2.C10H10N2O2.C9H9N3O2.C9H9N3O.2C9H8N2O2.C8H7N3O.C8H6N2O/c1-15-9-4-2-8(3-5-9)6-12-10(14)7-13-11;11-12-8-10(13)14-7-6-9-4-2-1-3-5-9;1-14-8-5-3-2-4-7(8)12-9(13)6-11-10;10-12-7-9(13)11-6-8-4-2-1-3-5-8;1-13-8-4-2-7(3-5-8)9(12)6-11-10;10-11-6-9(12)13-7-8-4-2-1-3-5-8;9-10-6-8(12)11-7-4-2-1-3-5-7;9-10-6-8(11)7-4-2-1-3-5-7/h2-5,7H,6H2,1H3,(H,12,14);1-5,8H,6-7H2;2-6H,1H3,(H,12,13);1-5,7H,6H2,(H,11,13);2-6H,1H3;1-6H,7H2;1-6H,(H,11,12);1-6H. The molecule has 0 atom stereocenters. The van der Waals surface area contributed by atoms with E-state index in [0.717, 1.165) is 71.5 Å². The highest BCUT2D eigenvalue weighted by Gasteiger charge is 2.10. The maximum absolute atomic E-state index is 11.1. The van der Waals surface area contributed by atoms with Crippen LogP contribution in [0.25, 0.3) is 44.2 Å². The molecule has 534 valence electrons. The zero-order chi connectivity index (χ0) is 77.3. The van der Waals surface area contributed by atoms with Gasteiger partial charge in [0.2, 0.25) is 0 Å². The van der Waals surface area contributed by atoms with Gasteiger partial charge in [0, 0.05) is 36.3 Å². The van der Waals surface area contributed by atoms with Crippen molar-refractivity contribution in [2.75, 3.05) is 38.6 Å². The molecule has 0 spiro atoms. The van der Waals surface area contributed by atoms with Crippen molar-refractivity contribution in [1.29, 1.82) is 0 Å². The topological polar surface area (TPSA) is 522 Å². The van der Waals surface area contributed by atoms with Crippen LogP contribution in [0.15, 0.2) is 224 Å². The smallest absolute Gasteiger partial charge is 0.413 e. The first kappa shape index (κ1) is 87.4. The van der Waals surface area contributed by atoms with E-state index in [1.165, 1.54) is 7.11 Å². The Kier molecular flexibility index (Phi) is 47.8. The Hall–Kier alpha value is -15.6. The molecular formula is C72H68N20O13. The lowest BCUT2D eigenvalue weighted by molar-refractivity contribution is -0.140. The van der Waals surface area contributed by atoms with Crippen LogP contribution in [0.1, 0.15) is 43.0 Å². The van der Waals surface area contributed by atoms with Gasteiger partial charge in [0.05, 0.1) is 33.6 Å². The fourth-order valence-electron chi connectivity index (χ4n) is 7.05. The number of amides is 4. The highest BCUT2D eigenvalue weighted by Crippen LogP contribution is 2.22. The van der Waals surface area contributed by atoms with Crippen LogP contribution in [0.5, 0.6) is 17.2 Å². The lowest BCUT2D eigenvalue weighted by atomic mass is 10.1. The number of hydrogen-bond donors (Lipinski definition) is 4. The van der Waals surface area contributed by atoms with Crippen LogP contribution in [-0.4, -0.2) is 163 Å². The van der Waals surface area contributed by atoms with E-state index in [1.807, 2.05) is 127 Å². The minimum Gasteiger partial charge on any atom is -0.497 e. The number of carbonyl (C=O) groups excluding carboxylic acids is 8. The van der Waals surface area contributed by atoms with Gasteiger partial charge in [-0.1, -0.05) is 164 Å². The molecule has 0 saturated carbocycles. The van der Waals surface area contributed by atoms with E-state index >= 15 is 0 Å². The number of benzene rings is 8. The van der Waals surface area contributed by atoms with Gasteiger partial charge in [0.1, 0.15) is 23.9 Å². The number of nitrogens with zero attached hydrogens (tertiary/aromatic N) is 16. The van der Waals surface area contributed by atoms with Gasteiger partial charge >= 0.3 is 85.3 Å². The number of rotatable bonds is 24. The molecular weight excluding hydrogens is 1350 g/mol. The molecule has 0 aliphatic rings. The maximum Gasteiger partial charge on any atom is 0.413 e. The lowest BCUT2D eigenvalue weighted by Gasteiger charge is -2.06. The van der Waals surface area contributed by atoms with Gasteiger partial charge in [0.15, 0.2) is 0 Å². The third-order valence-corrected chi connectivity index (χ3v) is 11.9. The molecule has 0 radical (unpaired) electrons. The predicted molar refractivity (Wildman–Crippen MR) is 383 cm³/mol. The normalized spacial score (nSPS) is 8.64. The second kappa shape index (κ2) is 57.4. The molecule has 8 aromatic carbocycles. The quantitative estimate of drug-likeness (QED) is 0.0150. The Morgan fingerprint density at radius 3 is 1.12 bits per heavy atom. The average molecular weight is 1420 g/mol. The molecule has 33 heteroatoms. The number of para-hydroxylation sites is 3. The molecule has 8 aromatic rings. The van der Waals surface area contributed by atoms with Crippen molar-refractivity contribution in [3.63, 3.8) is 0 Å². The molecule has 0 unspecified atom stereocenters. The fourth-order valence-corrected chi connectivity index (χ4v) is 7.05. The second-order valence-electron chi connectivity index (χ2n) is 19.1. The monoisotopic (exact) mass is 1420 g/mol. The number of carbonyl (C=O) groups is 8. The van der Waals surface area contributed by atoms with Crippen LogP contribution in [0.2, 0.25) is 0 Å². The molecule has 0 saturated heterocycles. The summed E-state index contributed by atoms with van der Waals surface area (Å²) < 4.78 is 24.4. The van der Waals surface area contributed by atoms with Crippen molar-refractivity contribution in [2.45, 2.75) is 26.1 Å². The summed E-state index contributed by atoms with van der Waals surface area (Å²) >= 11 is 0. The van der Waals surface area contributed by atoms with Crippen molar-refractivity contribution in [1.82, 2.24) is 10.6 Å². The summed E-state index contributed by atoms with van der Waals surface area (Å²) in [4.78, 5) is 108. The molecule has 0 heterocycles. The number of methoxy groups -OCH3 is 3. The number of anilines is 2. The summed E-state index contributed by atoms with van der Waals surface area (Å²) in [7, 11) is 4.64. The van der Waals surface area contributed by atoms with Gasteiger partial charge < -0.3 is 89.2 Å². The number of ketones is 2. The average Bonchev–Trinajstić information content (AvgIpc) is 0.980. The summed E-state index contributed by atoms with van der Waals surface area (Å²) in [6.07, 6.45) is 7.02. The molecule has 0 aliphatic heterocycles. The Labute approximate surface area is 600 Å². The van der Waals surface area contributed by atoms with Crippen molar-refractivity contribution in [3.05, 3.63) is 302 Å². The number of esters is 2. The molecule has 0 aromatic heterocycles. The lowest BCUT2D eigenvalue weighted by Crippen LogP contribution is -2.23. The Balaban J connectivity index is 0.000000601. The molecule has 0 bridgehead atoms. The highest BCUT2D eigenvalue weighted by atomic mass is 16.5. The molecule has 8 rings (SSSR count). The van der Waals surface area contributed by atoms with E-state index in [1.54, 1.807) is 111 Å². The Bertz CT molecular complexity index is 4370. The van der Waals surface area contributed by atoms with E-state index in [2.05, 4.69) is 59.6 Å². The number of ether oxygens (including phenoxy) is 5. The van der Waals surface area contributed by atoms with Crippen molar-refractivity contribution >= 4 is 108 Å². The van der Waals surface area contributed by atoms with Gasteiger partial charge in [-0.15, -0.1) is 0 Å². The number of hydrogen-bond acceptors (Lipinski definition) is 13. The SMILES string of the molecule is COc1ccc(C(=O)C=[N+]=[N-])cc1.COc1ccc(CNC(=O)C=[N+]=[N-])cc1.COc1ccccc1NC(=O)C=[N+]=[N-].[N-]=[N+]=CC(=O)NCc1ccccc1.[N-]=[N+]=CC(=O)Nc1ccccc1.[N-]=[N+]=CC(=O)OCCc1ccccc1.[N-]=[N+]=CC(=O)OCc1ccccc1.[N-]=[N+]=CC(=O)c1ccccc1. The van der Waals surface area contributed by atoms with Crippen molar-refractivity contribution < 1.29 is 100 Å². The number of Topliss-reactive ketones (excluding diaryl/α,β-unsaturated/α-hetero) is 2. The van der Waals surface area contributed by atoms with Crippen LogP contribution in [-0.2, 0) is 64.4 Å². The maximum atomic E-state index is 11.1.